The minimum Gasteiger partial charge on any atom is -0.478 e. The van der Waals surface area contributed by atoms with Crippen LogP contribution in [-0.2, 0) is 19.1 Å². The number of rotatable bonds is 6. The fraction of sp³-hybridized carbons (Fsp3) is 0.583. The van der Waals surface area contributed by atoms with Gasteiger partial charge in [0.05, 0.1) is 7.11 Å². The van der Waals surface area contributed by atoms with Gasteiger partial charge in [-0.25, -0.2) is 4.79 Å². The topological polar surface area (TPSA) is 83.9 Å². The van der Waals surface area contributed by atoms with Crippen LogP contribution in [0.3, 0.4) is 0 Å². The Bertz CT molecular complexity index is 373. The van der Waals surface area contributed by atoms with Gasteiger partial charge in [0.2, 0.25) is 0 Å². The van der Waals surface area contributed by atoms with E-state index in [1.165, 1.54) is 25.9 Å². The smallest absolute Gasteiger partial charge is 0.331 e. The van der Waals surface area contributed by atoms with Crippen molar-refractivity contribution in [2.75, 3.05) is 20.2 Å². The number of hydrogen-bond acceptors (Lipinski definition) is 4. The molecule has 1 amide bonds. The van der Waals surface area contributed by atoms with E-state index in [1.807, 2.05) is 6.92 Å². The summed E-state index contributed by atoms with van der Waals surface area (Å²) in [5.41, 5.74) is 0.103. The summed E-state index contributed by atoms with van der Waals surface area (Å²) < 4.78 is 4.50. The van der Waals surface area contributed by atoms with E-state index in [4.69, 9.17) is 5.11 Å². The van der Waals surface area contributed by atoms with Crippen molar-refractivity contribution in [3.63, 3.8) is 0 Å². The molecule has 6 heteroatoms. The number of aliphatic carboxylic acids is 1. The Morgan fingerprint density at radius 1 is 1.17 bits per heavy atom. The lowest BCUT2D eigenvalue weighted by atomic mass is 10.1. The van der Waals surface area contributed by atoms with Crippen molar-refractivity contribution in [1.82, 2.24) is 4.90 Å². The zero-order chi connectivity index (χ0) is 14.3. The average Bonchev–Trinajstić information content (AvgIpc) is 2.35. The lowest BCUT2D eigenvalue weighted by Crippen LogP contribution is -2.37. The Balaban J connectivity index is 5.02. The van der Waals surface area contributed by atoms with E-state index in [2.05, 4.69) is 4.74 Å². The molecule has 6 nitrogen and oxygen atoms in total. The summed E-state index contributed by atoms with van der Waals surface area (Å²) in [6.45, 7) is 4.86. The summed E-state index contributed by atoms with van der Waals surface area (Å²) in [6, 6.07) is 0. The second-order valence-corrected chi connectivity index (χ2v) is 3.86. The van der Waals surface area contributed by atoms with Crippen LogP contribution < -0.4 is 0 Å². The molecule has 0 saturated carbocycles. The Labute approximate surface area is 106 Å². The molecule has 0 saturated heterocycles. The highest BCUT2D eigenvalue weighted by atomic mass is 16.5. The first-order valence-electron chi connectivity index (χ1n) is 5.62. The molecule has 0 aromatic carbocycles. The molecule has 0 bridgehead atoms. The van der Waals surface area contributed by atoms with E-state index < -0.39 is 17.8 Å². The summed E-state index contributed by atoms with van der Waals surface area (Å²) in [7, 11) is 1.24. The number of ether oxygens (including phenoxy) is 1. The highest BCUT2D eigenvalue weighted by Crippen LogP contribution is 2.09. The molecule has 0 rings (SSSR count). The van der Waals surface area contributed by atoms with Crippen LogP contribution in [-0.4, -0.2) is 48.1 Å². The number of methoxy groups -OCH3 is 1. The van der Waals surface area contributed by atoms with Gasteiger partial charge in [0.1, 0.15) is 6.54 Å². The normalized spacial score (nSPS) is 11.6. The van der Waals surface area contributed by atoms with E-state index in [1.54, 1.807) is 0 Å². The Morgan fingerprint density at radius 3 is 2.11 bits per heavy atom. The molecular weight excluding hydrogens is 238 g/mol. The molecule has 0 atom stereocenters. The molecule has 18 heavy (non-hydrogen) atoms. The number of carboxylic acid groups (broad SMARTS) is 1. The largest absolute Gasteiger partial charge is 0.478 e. The average molecular weight is 257 g/mol. The third-order valence-corrected chi connectivity index (χ3v) is 2.53. The van der Waals surface area contributed by atoms with Crippen LogP contribution in [0.2, 0.25) is 0 Å². The maximum Gasteiger partial charge on any atom is 0.331 e. The van der Waals surface area contributed by atoms with Crippen LogP contribution >= 0.6 is 0 Å². The van der Waals surface area contributed by atoms with E-state index in [-0.39, 0.29) is 17.7 Å². The summed E-state index contributed by atoms with van der Waals surface area (Å²) >= 11 is 0. The maximum atomic E-state index is 12.0. The third-order valence-electron chi connectivity index (χ3n) is 2.53. The van der Waals surface area contributed by atoms with Crippen LogP contribution in [0.25, 0.3) is 0 Å². The number of nitrogens with zero attached hydrogens (tertiary/aromatic N) is 1. The third kappa shape index (κ3) is 4.57. The molecule has 0 aromatic heterocycles. The van der Waals surface area contributed by atoms with Gasteiger partial charge in [0.25, 0.3) is 5.91 Å². The molecule has 0 radical (unpaired) electrons. The SMILES string of the molecule is CCCN(CC(=O)OC)C(=O)C(C)=C(C)C(=O)O. The molecule has 1 N–H and O–H groups in total. The van der Waals surface area contributed by atoms with Crippen molar-refractivity contribution in [3.8, 4) is 0 Å². The van der Waals surface area contributed by atoms with Crippen molar-refractivity contribution in [3.05, 3.63) is 11.1 Å². The van der Waals surface area contributed by atoms with Crippen molar-refractivity contribution < 1.29 is 24.2 Å². The number of amides is 1. The van der Waals surface area contributed by atoms with Crippen LogP contribution in [0.15, 0.2) is 11.1 Å². The Hall–Kier alpha value is -1.85. The van der Waals surface area contributed by atoms with Gasteiger partial charge in [0.15, 0.2) is 0 Å². The molecule has 0 aromatic rings. The monoisotopic (exact) mass is 257 g/mol. The van der Waals surface area contributed by atoms with Gasteiger partial charge in [-0.05, 0) is 20.3 Å². The second-order valence-electron chi connectivity index (χ2n) is 3.86. The van der Waals surface area contributed by atoms with Crippen LogP contribution in [0.4, 0.5) is 0 Å². The Morgan fingerprint density at radius 2 is 1.72 bits per heavy atom. The first-order chi connectivity index (χ1) is 8.34. The van der Waals surface area contributed by atoms with Crippen molar-refractivity contribution >= 4 is 17.8 Å². The van der Waals surface area contributed by atoms with E-state index in [0.717, 1.165) is 0 Å². The number of carbonyl (C=O) groups is 3. The van der Waals surface area contributed by atoms with Gasteiger partial charge >= 0.3 is 11.9 Å². The zero-order valence-corrected chi connectivity index (χ0v) is 11.1. The first-order valence-corrected chi connectivity index (χ1v) is 5.62. The van der Waals surface area contributed by atoms with Crippen molar-refractivity contribution in [1.29, 1.82) is 0 Å². The molecule has 0 heterocycles. The fourth-order valence-electron chi connectivity index (χ4n) is 1.30. The van der Waals surface area contributed by atoms with Gasteiger partial charge in [0, 0.05) is 17.7 Å². The van der Waals surface area contributed by atoms with E-state index in [0.29, 0.717) is 13.0 Å². The van der Waals surface area contributed by atoms with Crippen molar-refractivity contribution in [2.45, 2.75) is 27.2 Å². The number of carboxylic acids is 1. The molecular formula is C12H19NO5. The van der Waals surface area contributed by atoms with Gasteiger partial charge < -0.3 is 14.7 Å². The zero-order valence-electron chi connectivity index (χ0n) is 11.1. The summed E-state index contributed by atoms with van der Waals surface area (Å²) in [4.78, 5) is 35.3. The summed E-state index contributed by atoms with van der Waals surface area (Å²) in [5, 5.41) is 8.82. The fourth-order valence-corrected chi connectivity index (χ4v) is 1.30. The van der Waals surface area contributed by atoms with Gasteiger partial charge in [-0.1, -0.05) is 6.92 Å². The lowest BCUT2D eigenvalue weighted by molar-refractivity contribution is -0.145. The van der Waals surface area contributed by atoms with E-state index >= 15 is 0 Å². The molecule has 0 aliphatic rings. The quantitative estimate of drug-likeness (QED) is 0.562. The molecule has 0 aliphatic heterocycles. The van der Waals surface area contributed by atoms with Gasteiger partial charge in [-0.2, -0.15) is 0 Å². The molecule has 102 valence electrons. The lowest BCUT2D eigenvalue weighted by Gasteiger charge is -2.21. The van der Waals surface area contributed by atoms with Crippen LogP contribution in [0.1, 0.15) is 27.2 Å². The highest BCUT2D eigenvalue weighted by molar-refractivity contribution is 6.02. The predicted molar refractivity (Wildman–Crippen MR) is 64.9 cm³/mol. The summed E-state index contributed by atoms with van der Waals surface area (Å²) in [6.07, 6.45) is 0.669. The Kier molecular flexibility index (Phi) is 6.70. The first kappa shape index (κ1) is 16.1. The summed E-state index contributed by atoms with van der Waals surface area (Å²) in [5.74, 6) is -2.13. The predicted octanol–water partition coefficient (Wildman–Crippen LogP) is 0.819. The van der Waals surface area contributed by atoms with Crippen LogP contribution in [0.5, 0.6) is 0 Å². The minimum absolute atomic E-state index is 0.0223. The minimum atomic E-state index is -1.14. The molecule has 0 spiro atoms. The molecule has 0 fully saturated rings. The number of hydrogen-bond donors (Lipinski definition) is 1. The van der Waals surface area contributed by atoms with Crippen molar-refractivity contribution in [2.24, 2.45) is 0 Å². The molecule has 0 aliphatic carbocycles. The maximum absolute atomic E-state index is 12.0. The van der Waals surface area contributed by atoms with Gasteiger partial charge in [-0.15, -0.1) is 0 Å². The van der Waals surface area contributed by atoms with Crippen LogP contribution in [0, 0.1) is 0 Å². The highest BCUT2D eigenvalue weighted by Gasteiger charge is 2.21. The number of esters is 1. The second kappa shape index (κ2) is 7.47. The van der Waals surface area contributed by atoms with Gasteiger partial charge in [-0.3, -0.25) is 9.59 Å². The standard InChI is InChI=1S/C12H19NO5/c1-5-6-13(7-10(14)18-4)11(15)8(2)9(3)12(16)17/h5-7H2,1-4H3,(H,16,17). The molecule has 0 unspecified atom stereocenters. The number of carbonyl (C=O) groups excluding carboxylic acids is 2. The van der Waals surface area contributed by atoms with E-state index in [9.17, 15) is 14.4 Å².